The summed E-state index contributed by atoms with van der Waals surface area (Å²) >= 11 is 0. The number of carbonyl (C=O) groups excluding carboxylic acids is 3. The van der Waals surface area contributed by atoms with Crippen LogP contribution in [-0.4, -0.2) is 66.1 Å². The van der Waals surface area contributed by atoms with Gasteiger partial charge in [-0.15, -0.1) is 0 Å². The van der Waals surface area contributed by atoms with Gasteiger partial charge in [-0.1, -0.05) is 30.3 Å². The van der Waals surface area contributed by atoms with Gasteiger partial charge in [0, 0.05) is 12.3 Å². The molecule has 1 saturated heterocycles. The van der Waals surface area contributed by atoms with E-state index in [0.29, 0.717) is 0 Å². The molecule has 2 aromatic rings. The van der Waals surface area contributed by atoms with Crippen molar-refractivity contribution in [3.05, 3.63) is 69.0 Å². The molecule has 0 unspecified atom stereocenters. The van der Waals surface area contributed by atoms with Crippen LogP contribution < -0.4 is 11.2 Å². The average molecular weight is 522 g/mol. The minimum Gasteiger partial charge on any atom is -0.435 e. The summed E-state index contributed by atoms with van der Waals surface area (Å²) in [6, 6.07) is 9.90. The van der Waals surface area contributed by atoms with Crippen molar-refractivity contribution >= 4 is 18.5 Å². The first-order valence-electron chi connectivity index (χ1n) is 11.3. The molecule has 0 aliphatic carbocycles. The lowest BCUT2D eigenvalue weighted by Gasteiger charge is -2.23. The standard InChI is InChI=1S/C23H26N2O12/c1-3-31-22(29)36-17-15(13-34-21(28)33-12-14-8-6-5-7-9-14)35-19(18(17)37-23(30)32-4-2)25-11-10-16(26)24-20(25)27/h5-11,15,17-19H,3-4,12-13H2,1-2H3,(H,24,26,27)/t15-,17-,18-,19-/m1/s1. The van der Waals surface area contributed by atoms with Crippen molar-refractivity contribution in [2.24, 2.45) is 0 Å². The van der Waals surface area contributed by atoms with Gasteiger partial charge in [-0.3, -0.25) is 14.3 Å². The Hall–Kier alpha value is -4.33. The average Bonchev–Trinajstić information content (AvgIpc) is 3.18. The van der Waals surface area contributed by atoms with Crippen LogP contribution in [-0.2, 0) is 39.8 Å². The molecule has 1 N–H and O–H groups in total. The zero-order valence-corrected chi connectivity index (χ0v) is 20.0. The van der Waals surface area contributed by atoms with E-state index in [9.17, 15) is 24.0 Å². The fraction of sp³-hybridized carbons (Fsp3) is 0.435. The highest BCUT2D eigenvalue weighted by Gasteiger charge is 2.52. The highest BCUT2D eigenvalue weighted by atomic mass is 16.8. The molecule has 0 saturated carbocycles. The molecule has 200 valence electrons. The van der Waals surface area contributed by atoms with Gasteiger partial charge in [0.1, 0.15) is 19.3 Å². The molecule has 0 radical (unpaired) electrons. The van der Waals surface area contributed by atoms with Crippen LogP contribution in [0.5, 0.6) is 0 Å². The van der Waals surface area contributed by atoms with Crippen LogP contribution in [0.25, 0.3) is 0 Å². The smallest absolute Gasteiger partial charge is 0.435 e. The number of ether oxygens (including phenoxy) is 7. The monoisotopic (exact) mass is 522 g/mol. The predicted octanol–water partition coefficient (Wildman–Crippen LogP) is 1.87. The van der Waals surface area contributed by atoms with Crippen molar-refractivity contribution in [1.29, 1.82) is 0 Å². The van der Waals surface area contributed by atoms with Crippen molar-refractivity contribution in [1.82, 2.24) is 9.55 Å². The lowest BCUT2D eigenvalue weighted by atomic mass is 10.1. The van der Waals surface area contributed by atoms with Gasteiger partial charge in [0.2, 0.25) is 0 Å². The highest BCUT2D eigenvalue weighted by molar-refractivity contribution is 5.62. The highest BCUT2D eigenvalue weighted by Crippen LogP contribution is 2.34. The fourth-order valence-electron chi connectivity index (χ4n) is 3.40. The Morgan fingerprint density at radius 3 is 2.14 bits per heavy atom. The minimum absolute atomic E-state index is 0.0222. The number of H-pyrrole nitrogens is 1. The molecular formula is C23H26N2O12. The molecule has 14 nitrogen and oxygen atoms in total. The molecule has 0 spiro atoms. The summed E-state index contributed by atoms with van der Waals surface area (Å²) in [5.41, 5.74) is -0.850. The number of nitrogens with zero attached hydrogens (tertiary/aromatic N) is 1. The van der Waals surface area contributed by atoms with Crippen molar-refractivity contribution < 1.29 is 47.5 Å². The van der Waals surface area contributed by atoms with Crippen LogP contribution in [0.4, 0.5) is 14.4 Å². The van der Waals surface area contributed by atoms with E-state index < -0.39 is 60.9 Å². The third-order valence-electron chi connectivity index (χ3n) is 4.96. The number of nitrogens with one attached hydrogen (secondary N) is 1. The molecule has 1 aromatic carbocycles. The summed E-state index contributed by atoms with van der Waals surface area (Å²) in [5.74, 6) is 0. The molecule has 14 heteroatoms. The number of carbonyl (C=O) groups is 3. The molecular weight excluding hydrogens is 496 g/mol. The first-order valence-corrected chi connectivity index (χ1v) is 11.3. The minimum atomic E-state index is -1.46. The quantitative estimate of drug-likeness (QED) is 0.375. The molecule has 1 aliphatic rings. The number of aromatic amines is 1. The van der Waals surface area contributed by atoms with Crippen LogP contribution in [0, 0.1) is 0 Å². The van der Waals surface area contributed by atoms with Gasteiger partial charge in [-0.2, -0.15) is 0 Å². The van der Waals surface area contributed by atoms with Gasteiger partial charge in [-0.25, -0.2) is 19.2 Å². The molecule has 0 bridgehead atoms. The summed E-state index contributed by atoms with van der Waals surface area (Å²) in [6.07, 6.45) is -7.71. The van der Waals surface area contributed by atoms with Crippen LogP contribution in [0.3, 0.4) is 0 Å². The second kappa shape index (κ2) is 13.1. The normalized spacial score (nSPS) is 20.5. The van der Waals surface area contributed by atoms with E-state index in [1.165, 1.54) is 0 Å². The summed E-state index contributed by atoms with van der Waals surface area (Å²) < 4.78 is 37.1. The topological polar surface area (TPSA) is 171 Å². The fourth-order valence-corrected chi connectivity index (χ4v) is 3.40. The van der Waals surface area contributed by atoms with E-state index in [4.69, 9.17) is 33.2 Å². The number of hydrogen-bond donors (Lipinski definition) is 1. The second-order valence-electron chi connectivity index (χ2n) is 7.45. The predicted molar refractivity (Wildman–Crippen MR) is 122 cm³/mol. The van der Waals surface area contributed by atoms with Crippen LogP contribution in [0.1, 0.15) is 25.6 Å². The Bertz CT molecular complexity index is 1180. The maximum atomic E-state index is 12.4. The number of hydrogen-bond acceptors (Lipinski definition) is 12. The van der Waals surface area contributed by atoms with Crippen molar-refractivity contribution in [3.8, 4) is 0 Å². The van der Waals surface area contributed by atoms with E-state index in [2.05, 4.69) is 4.98 Å². The first kappa shape index (κ1) is 27.3. The van der Waals surface area contributed by atoms with Gasteiger partial charge in [0.15, 0.2) is 18.4 Å². The lowest BCUT2D eigenvalue weighted by Crippen LogP contribution is -2.43. The SMILES string of the molecule is CCOC(=O)O[C@@H]1[C@H](OC(=O)OCC)[C@@H](COC(=O)OCc2ccccc2)O[C@H]1n1ccc(=O)[nH]c1=O. The second-order valence-corrected chi connectivity index (χ2v) is 7.45. The van der Waals surface area contributed by atoms with Gasteiger partial charge in [0.25, 0.3) is 5.56 Å². The molecule has 1 aromatic heterocycles. The molecule has 3 rings (SSSR count). The van der Waals surface area contributed by atoms with Crippen molar-refractivity contribution in [2.75, 3.05) is 19.8 Å². The zero-order valence-electron chi connectivity index (χ0n) is 20.0. The molecule has 2 heterocycles. The van der Waals surface area contributed by atoms with E-state index in [1.54, 1.807) is 38.1 Å². The molecule has 0 amide bonds. The largest absolute Gasteiger partial charge is 0.508 e. The van der Waals surface area contributed by atoms with Crippen LogP contribution in [0.15, 0.2) is 52.2 Å². The van der Waals surface area contributed by atoms with Crippen LogP contribution in [0.2, 0.25) is 0 Å². The van der Waals surface area contributed by atoms with E-state index in [0.717, 1.165) is 22.4 Å². The number of aromatic nitrogens is 2. The third kappa shape index (κ3) is 7.57. The van der Waals surface area contributed by atoms with Gasteiger partial charge >= 0.3 is 24.2 Å². The van der Waals surface area contributed by atoms with E-state index in [1.807, 2.05) is 6.07 Å². The van der Waals surface area contributed by atoms with Crippen molar-refractivity contribution in [3.63, 3.8) is 0 Å². The third-order valence-corrected chi connectivity index (χ3v) is 4.96. The Balaban J connectivity index is 1.81. The summed E-state index contributed by atoms with van der Waals surface area (Å²) in [7, 11) is 0. The Morgan fingerprint density at radius 1 is 0.865 bits per heavy atom. The zero-order chi connectivity index (χ0) is 26.8. The molecule has 4 atom stereocenters. The number of benzene rings is 1. The Kier molecular flexibility index (Phi) is 9.66. The summed E-state index contributed by atoms with van der Waals surface area (Å²) in [5, 5.41) is 0. The maximum Gasteiger partial charge on any atom is 0.508 e. The molecule has 1 fully saturated rings. The summed E-state index contributed by atoms with van der Waals surface area (Å²) in [6.45, 7) is 2.46. The summed E-state index contributed by atoms with van der Waals surface area (Å²) in [4.78, 5) is 62.4. The molecule has 1 aliphatic heterocycles. The first-order chi connectivity index (χ1) is 17.8. The maximum absolute atomic E-state index is 12.4. The van der Waals surface area contributed by atoms with Crippen LogP contribution >= 0.6 is 0 Å². The van der Waals surface area contributed by atoms with Gasteiger partial charge in [0.05, 0.1) is 13.2 Å². The number of rotatable bonds is 9. The van der Waals surface area contributed by atoms with Crippen molar-refractivity contribution in [2.45, 2.75) is 45.0 Å². The van der Waals surface area contributed by atoms with E-state index in [-0.39, 0.29) is 19.8 Å². The molecule has 37 heavy (non-hydrogen) atoms. The lowest BCUT2D eigenvalue weighted by molar-refractivity contribution is -0.0713. The van der Waals surface area contributed by atoms with Gasteiger partial charge in [-0.05, 0) is 19.4 Å². The van der Waals surface area contributed by atoms with Gasteiger partial charge < -0.3 is 33.2 Å². The Morgan fingerprint density at radius 2 is 1.51 bits per heavy atom. The van der Waals surface area contributed by atoms with E-state index >= 15 is 0 Å². The Labute approximate surface area is 209 Å².